The van der Waals surface area contributed by atoms with Gasteiger partial charge in [0.05, 0.1) is 6.61 Å². The Bertz CT molecular complexity index is 337. The van der Waals surface area contributed by atoms with E-state index in [4.69, 9.17) is 5.11 Å². The third-order valence-electron chi connectivity index (χ3n) is 2.14. The summed E-state index contributed by atoms with van der Waals surface area (Å²) in [7, 11) is 0. The van der Waals surface area contributed by atoms with Crippen LogP contribution in [0.2, 0.25) is 0 Å². The Hall–Kier alpha value is -1.36. The Morgan fingerprint density at radius 3 is 2.93 bits per heavy atom. The minimum absolute atomic E-state index is 0.0275. The molecular weight excluding hydrogens is 194 g/mol. The first-order valence-electron chi connectivity index (χ1n) is 5.19. The van der Waals surface area contributed by atoms with Gasteiger partial charge in [-0.3, -0.25) is 4.79 Å². The average molecular weight is 211 g/mol. The summed E-state index contributed by atoms with van der Waals surface area (Å²) >= 11 is 0. The van der Waals surface area contributed by atoms with Crippen molar-refractivity contribution in [1.82, 2.24) is 9.97 Å². The molecular formula is C10H17N3O2. The van der Waals surface area contributed by atoms with E-state index in [-0.39, 0.29) is 12.2 Å². The van der Waals surface area contributed by atoms with E-state index in [0.29, 0.717) is 12.4 Å². The molecule has 0 unspecified atom stereocenters. The summed E-state index contributed by atoms with van der Waals surface area (Å²) in [6.07, 6.45) is 5.08. The molecule has 0 fully saturated rings. The second kappa shape index (κ2) is 6.19. The molecule has 5 nitrogen and oxygen atoms in total. The van der Waals surface area contributed by atoms with E-state index in [1.165, 1.54) is 6.20 Å². The van der Waals surface area contributed by atoms with Gasteiger partial charge in [-0.25, -0.2) is 4.98 Å². The maximum atomic E-state index is 11.5. The quantitative estimate of drug-likeness (QED) is 0.713. The predicted octanol–water partition coefficient (Wildman–Crippen LogP) is 0.369. The maximum Gasteiger partial charge on any atom is 0.290 e. The van der Waals surface area contributed by atoms with Gasteiger partial charge in [-0.15, -0.1) is 0 Å². The number of anilines is 1. The fraction of sp³-hybridized carbons (Fsp3) is 0.600. The molecule has 15 heavy (non-hydrogen) atoms. The summed E-state index contributed by atoms with van der Waals surface area (Å²) in [6, 6.07) is 0. The summed E-state index contributed by atoms with van der Waals surface area (Å²) in [6.45, 7) is 3.30. The number of H-pyrrole nitrogens is 1. The van der Waals surface area contributed by atoms with Gasteiger partial charge in [0.2, 0.25) is 0 Å². The first kappa shape index (κ1) is 11.7. The Balaban J connectivity index is 2.79. The van der Waals surface area contributed by atoms with Crippen LogP contribution in [0.25, 0.3) is 0 Å². The maximum absolute atomic E-state index is 11.5. The number of aromatic amines is 1. The molecule has 0 bridgehead atoms. The number of aliphatic hydroxyl groups excluding tert-OH is 1. The lowest BCUT2D eigenvalue weighted by molar-refractivity contribution is 0.301. The third-order valence-corrected chi connectivity index (χ3v) is 2.14. The Morgan fingerprint density at radius 2 is 2.33 bits per heavy atom. The number of hydrogen-bond donors (Lipinski definition) is 2. The lowest BCUT2D eigenvalue weighted by Crippen LogP contribution is -2.33. The highest BCUT2D eigenvalue weighted by atomic mass is 16.3. The Morgan fingerprint density at radius 1 is 1.53 bits per heavy atom. The van der Waals surface area contributed by atoms with Crippen LogP contribution >= 0.6 is 0 Å². The molecule has 1 rings (SSSR count). The molecule has 1 heterocycles. The van der Waals surface area contributed by atoms with Crippen LogP contribution in [0.4, 0.5) is 5.82 Å². The Labute approximate surface area is 88.8 Å². The number of nitrogens with one attached hydrogen (secondary N) is 1. The van der Waals surface area contributed by atoms with Crippen LogP contribution in [0.15, 0.2) is 17.2 Å². The van der Waals surface area contributed by atoms with Gasteiger partial charge >= 0.3 is 0 Å². The number of aromatic nitrogens is 2. The molecule has 2 N–H and O–H groups in total. The summed E-state index contributed by atoms with van der Waals surface area (Å²) in [4.78, 5) is 19.9. The predicted molar refractivity (Wildman–Crippen MR) is 59.1 cm³/mol. The monoisotopic (exact) mass is 211 g/mol. The average Bonchev–Trinajstić information content (AvgIpc) is 2.25. The van der Waals surface area contributed by atoms with Crippen molar-refractivity contribution in [2.75, 3.05) is 24.6 Å². The van der Waals surface area contributed by atoms with Gasteiger partial charge in [-0.2, -0.15) is 0 Å². The molecule has 1 aromatic rings. The summed E-state index contributed by atoms with van der Waals surface area (Å²) in [5, 5.41) is 8.91. The van der Waals surface area contributed by atoms with Crippen LogP contribution in [0, 0.1) is 0 Å². The first-order chi connectivity index (χ1) is 7.29. The number of aliphatic hydroxyl groups is 1. The third kappa shape index (κ3) is 3.36. The molecule has 5 heteroatoms. The fourth-order valence-electron chi connectivity index (χ4n) is 1.36. The van der Waals surface area contributed by atoms with Crippen LogP contribution in [-0.4, -0.2) is 34.8 Å². The van der Waals surface area contributed by atoms with E-state index in [0.717, 1.165) is 19.4 Å². The van der Waals surface area contributed by atoms with Crippen molar-refractivity contribution in [3.63, 3.8) is 0 Å². The Kier molecular flexibility index (Phi) is 4.83. The van der Waals surface area contributed by atoms with Gasteiger partial charge in [0.25, 0.3) is 5.56 Å². The molecule has 0 aliphatic rings. The molecule has 84 valence electrons. The zero-order valence-electron chi connectivity index (χ0n) is 8.94. The molecule has 0 spiro atoms. The van der Waals surface area contributed by atoms with Gasteiger partial charge in [0.15, 0.2) is 5.82 Å². The van der Waals surface area contributed by atoms with Crippen LogP contribution in [0.3, 0.4) is 0 Å². The zero-order valence-corrected chi connectivity index (χ0v) is 8.94. The minimum Gasteiger partial charge on any atom is -0.395 e. The molecule has 0 amide bonds. The van der Waals surface area contributed by atoms with Crippen LogP contribution in [0.1, 0.15) is 19.8 Å². The lowest BCUT2D eigenvalue weighted by Gasteiger charge is -2.21. The number of nitrogens with zero attached hydrogens (tertiary/aromatic N) is 2. The number of unbranched alkanes of at least 4 members (excludes halogenated alkanes) is 1. The van der Waals surface area contributed by atoms with Crippen molar-refractivity contribution in [3.05, 3.63) is 22.7 Å². The van der Waals surface area contributed by atoms with Crippen LogP contribution < -0.4 is 10.5 Å². The molecule has 0 saturated carbocycles. The molecule has 0 saturated heterocycles. The van der Waals surface area contributed by atoms with Crippen molar-refractivity contribution < 1.29 is 5.11 Å². The minimum atomic E-state index is -0.206. The first-order valence-corrected chi connectivity index (χ1v) is 5.19. The van der Waals surface area contributed by atoms with Crippen LogP contribution in [-0.2, 0) is 0 Å². The number of rotatable bonds is 6. The van der Waals surface area contributed by atoms with E-state index in [9.17, 15) is 4.79 Å². The molecule has 0 aliphatic heterocycles. The van der Waals surface area contributed by atoms with Gasteiger partial charge in [-0.05, 0) is 6.42 Å². The largest absolute Gasteiger partial charge is 0.395 e. The van der Waals surface area contributed by atoms with E-state index in [1.54, 1.807) is 6.20 Å². The van der Waals surface area contributed by atoms with Gasteiger partial charge in [0, 0.05) is 25.5 Å². The number of hydrogen-bond acceptors (Lipinski definition) is 4. The second-order valence-electron chi connectivity index (χ2n) is 3.31. The SMILES string of the molecule is CCCCN(CCO)c1ncc[nH]c1=O. The van der Waals surface area contributed by atoms with E-state index < -0.39 is 0 Å². The van der Waals surface area contributed by atoms with Crippen molar-refractivity contribution in [2.45, 2.75) is 19.8 Å². The smallest absolute Gasteiger partial charge is 0.290 e. The second-order valence-corrected chi connectivity index (χ2v) is 3.31. The van der Waals surface area contributed by atoms with Crippen molar-refractivity contribution in [2.24, 2.45) is 0 Å². The molecule has 0 radical (unpaired) electrons. The van der Waals surface area contributed by atoms with Crippen molar-refractivity contribution in [1.29, 1.82) is 0 Å². The summed E-state index contributed by atoms with van der Waals surface area (Å²) in [5.74, 6) is 0.389. The topological polar surface area (TPSA) is 69.2 Å². The van der Waals surface area contributed by atoms with Crippen molar-refractivity contribution in [3.8, 4) is 0 Å². The highest BCUT2D eigenvalue weighted by molar-refractivity contribution is 5.34. The van der Waals surface area contributed by atoms with Gasteiger partial charge in [0.1, 0.15) is 0 Å². The highest BCUT2D eigenvalue weighted by Gasteiger charge is 2.09. The molecule has 0 atom stereocenters. The lowest BCUT2D eigenvalue weighted by atomic mass is 10.3. The highest BCUT2D eigenvalue weighted by Crippen LogP contribution is 2.03. The molecule has 0 aromatic carbocycles. The van der Waals surface area contributed by atoms with Gasteiger partial charge < -0.3 is 15.0 Å². The zero-order chi connectivity index (χ0) is 11.1. The van der Waals surface area contributed by atoms with Crippen LogP contribution in [0.5, 0.6) is 0 Å². The standard InChI is InChI=1S/C10H17N3O2/c1-2-3-6-13(7-8-14)9-10(15)12-5-4-11-9/h4-5,14H,2-3,6-8H2,1H3,(H,12,15). The van der Waals surface area contributed by atoms with Crippen molar-refractivity contribution >= 4 is 5.82 Å². The van der Waals surface area contributed by atoms with Gasteiger partial charge in [-0.1, -0.05) is 13.3 Å². The van der Waals surface area contributed by atoms with E-state index in [2.05, 4.69) is 16.9 Å². The normalized spacial score (nSPS) is 10.3. The van der Waals surface area contributed by atoms with E-state index >= 15 is 0 Å². The fourth-order valence-corrected chi connectivity index (χ4v) is 1.36. The molecule has 0 aliphatic carbocycles. The summed E-state index contributed by atoms with van der Waals surface area (Å²) in [5.41, 5.74) is -0.206. The van der Waals surface area contributed by atoms with E-state index in [1.807, 2.05) is 4.90 Å². The molecule has 1 aromatic heterocycles. The summed E-state index contributed by atoms with van der Waals surface area (Å²) < 4.78 is 0.